The summed E-state index contributed by atoms with van der Waals surface area (Å²) in [5.74, 6) is 1.50. The van der Waals surface area contributed by atoms with E-state index in [0.717, 1.165) is 32.5 Å². The van der Waals surface area contributed by atoms with Crippen LogP contribution in [0.3, 0.4) is 0 Å². The molecule has 0 atom stereocenters. The second-order valence-electron chi connectivity index (χ2n) is 5.95. The van der Waals surface area contributed by atoms with Crippen molar-refractivity contribution in [1.29, 1.82) is 0 Å². The van der Waals surface area contributed by atoms with Crippen LogP contribution >= 0.6 is 15.9 Å². The number of carbonyl (C=O) groups excluding carboxylic acids is 1. The summed E-state index contributed by atoms with van der Waals surface area (Å²) in [6.07, 6.45) is 1.69. The van der Waals surface area contributed by atoms with Crippen molar-refractivity contribution in [2.75, 3.05) is 13.7 Å². The maximum absolute atomic E-state index is 12.3. The average Bonchev–Trinajstić information content (AvgIpc) is 2.90. The van der Waals surface area contributed by atoms with Crippen molar-refractivity contribution >= 4 is 32.6 Å². The summed E-state index contributed by atoms with van der Waals surface area (Å²) in [5.41, 5.74) is 3.50. The van der Waals surface area contributed by atoms with Crippen LogP contribution in [0.4, 0.5) is 0 Å². The smallest absolute Gasteiger partial charge is 0.162 e. The third-order valence-electron chi connectivity index (χ3n) is 4.30. The van der Waals surface area contributed by atoms with Gasteiger partial charge in [0.15, 0.2) is 5.78 Å². The van der Waals surface area contributed by atoms with Crippen LogP contribution in [-0.4, -0.2) is 24.1 Å². The minimum Gasteiger partial charge on any atom is -0.497 e. The Bertz CT molecular complexity index is 987. The minimum absolute atomic E-state index is 0.0248. The van der Waals surface area contributed by atoms with E-state index >= 15 is 0 Å². The zero-order valence-electron chi connectivity index (χ0n) is 15.0. The highest BCUT2D eigenvalue weighted by atomic mass is 79.9. The van der Waals surface area contributed by atoms with Gasteiger partial charge in [-0.25, -0.2) is 0 Å². The van der Waals surface area contributed by atoms with Gasteiger partial charge in [0, 0.05) is 22.3 Å². The molecular formula is C21H20BrNO3. The van der Waals surface area contributed by atoms with E-state index in [9.17, 15) is 4.79 Å². The first-order chi connectivity index (χ1) is 12.5. The third kappa shape index (κ3) is 3.15. The molecule has 0 saturated heterocycles. The summed E-state index contributed by atoms with van der Waals surface area (Å²) in [4.78, 5) is 12.3. The Kier molecular flexibility index (Phi) is 5.18. The maximum atomic E-state index is 12.3. The molecule has 1 heterocycles. The molecule has 0 saturated carbocycles. The number of ketones is 1. The zero-order valence-corrected chi connectivity index (χ0v) is 16.6. The van der Waals surface area contributed by atoms with E-state index < -0.39 is 0 Å². The van der Waals surface area contributed by atoms with Crippen LogP contribution in [-0.2, 0) is 0 Å². The first kappa shape index (κ1) is 18.3. The number of Topliss-reactive ketones (excluding diaryl/α,β-unsaturated/α-hetero) is 1. The molecule has 1 aromatic heterocycles. The Labute approximate surface area is 161 Å². The molecule has 0 spiro atoms. The number of hydrogen-bond donors (Lipinski definition) is 0. The Morgan fingerprint density at radius 2 is 1.96 bits per heavy atom. The highest BCUT2D eigenvalue weighted by Crippen LogP contribution is 2.37. The summed E-state index contributed by atoms with van der Waals surface area (Å²) >= 11 is 3.57. The number of rotatable bonds is 6. The van der Waals surface area contributed by atoms with Gasteiger partial charge in [-0.2, -0.15) is 0 Å². The van der Waals surface area contributed by atoms with Crippen LogP contribution in [0.15, 0.2) is 53.5 Å². The number of aromatic nitrogens is 1. The van der Waals surface area contributed by atoms with E-state index in [4.69, 9.17) is 9.47 Å². The van der Waals surface area contributed by atoms with Crippen LogP contribution in [0.1, 0.15) is 23.0 Å². The van der Waals surface area contributed by atoms with Crippen LogP contribution in [0, 0.1) is 6.92 Å². The topological polar surface area (TPSA) is 40.5 Å². The molecule has 3 aromatic rings. The van der Waals surface area contributed by atoms with Gasteiger partial charge in [0.2, 0.25) is 0 Å². The SMILES string of the molecule is C=CCOc1cc2c(C(C)=O)c(C)n(-c3ccc(OC)cc3)c2cc1Br. The van der Waals surface area contributed by atoms with Gasteiger partial charge in [-0.1, -0.05) is 12.7 Å². The van der Waals surface area contributed by atoms with Gasteiger partial charge in [0.25, 0.3) is 0 Å². The van der Waals surface area contributed by atoms with Crippen LogP contribution in [0.25, 0.3) is 16.6 Å². The van der Waals surface area contributed by atoms with Crippen LogP contribution < -0.4 is 9.47 Å². The number of hydrogen-bond acceptors (Lipinski definition) is 3. The zero-order chi connectivity index (χ0) is 18.8. The molecule has 134 valence electrons. The van der Waals surface area contributed by atoms with Crippen molar-refractivity contribution in [3.8, 4) is 17.2 Å². The molecule has 3 rings (SSSR count). The number of halogens is 1. The summed E-state index contributed by atoms with van der Waals surface area (Å²) in [5, 5.41) is 0.869. The van der Waals surface area contributed by atoms with Crippen LogP contribution in [0.2, 0.25) is 0 Å². The third-order valence-corrected chi connectivity index (χ3v) is 4.92. The monoisotopic (exact) mass is 413 g/mol. The van der Waals surface area contributed by atoms with Crippen molar-refractivity contribution in [3.05, 3.63) is 64.8 Å². The molecule has 0 aliphatic carbocycles. The number of fused-ring (bicyclic) bond motifs is 1. The predicted octanol–water partition coefficient (Wildman–Crippen LogP) is 5.48. The molecule has 0 aliphatic heterocycles. The van der Waals surface area contributed by atoms with Gasteiger partial charge in [-0.3, -0.25) is 4.79 Å². The largest absolute Gasteiger partial charge is 0.497 e. The van der Waals surface area contributed by atoms with Crippen molar-refractivity contribution in [1.82, 2.24) is 4.57 Å². The molecular weight excluding hydrogens is 394 g/mol. The number of nitrogens with zero attached hydrogens (tertiary/aromatic N) is 1. The number of carbonyl (C=O) groups is 1. The molecule has 0 N–H and O–H groups in total. The van der Waals surface area contributed by atoms with E-state index in [1.54, 1.807) is 20.1 Å². The predicted molar refractivity (Wildman–Crippen MR) is 108 cm³/mol. The molecule has 26 heavy (non-hydrogen) atoms. The van der Waals surface area contributed by atoms with E-state index in [2.05, 4.69) is 27.1 Å². The molecule has 0 fully saturated rings. The quantitative estimate of drug-likeness (QED) is 0.396. The first-order valence-electron chi connectivity index (χ1n) is 8.21. The molecule has 5 heteroatoms. The fourth-order valence-corrected chi connectivity index (χ4v) is 3.63. The molecule has 4 nitrogen and oxygen atoms in total. The highest BCUT2D eigenvalue weighted by Gasteiger charge is 2.20. The number of ether oxygens (including phenoxy) is 2. The molecule has 0 aliphatic rings. The first-order valence-corrected chi connectivity index (χ1v) is 9.00. The molecule has 0 radical (unpaired) electrons. The standard InChI is InChI=1S/C21H20BrNO3/c1-5-10-26-20-11-17-19(12-18(20)22)23(13(2)21(17)14(3)24)15-6-8-16(25-4)9-7-15/h5-9,11-12H,1,10H2,2-4H3. The van der Waals surface area contributed by atoms with E-state index in [1.165, 1.54) is 0 Å². The lowest BCUT2D eigenvalue weighted by atomic mass is 10.1. The van der Waals surface area contributed by atoms with Gasteiger partial charge in [0.1, 0.15) is 18.1 Å². The molecule has 0 amide bonds. The number of methoxy groups -OCH3 is 1. The van der Waals surface area contributed by atoms with Crippen molar-refractivity contribution in [2.45, 2.75) is 13.8 Å². The maximum Gasteiger partial charge on any atom is 0.162 e. The average molecular weight is 414 g/mol. The molecule has 2 aromatic carbocycles. The Morgan fingerprint density at radius 1 is 1.27 bits per heavy atom. The minimum atomic E-state index is 0.0248. The van der Waals surface area contributed by atoms with Gasteiger partial charge in [-0.15, -0.1) is 0 Å². The van der Waals surface area contributed by atoms with Gasteiger partial charge in [-0.05, 0) is 66.2 Å². The van der Waals surface area contributed by atoms with Crippen LogP contribution in [0.5, 0.6) is 11.5 Å². The fraction of sp³-hybridized carbons (Fsp3) is 0.190. The van der Waals surface area contributed by atoms with Gasteiger partial charge < -0.3 is 14.0 Å². The second-order valence-corrected chi connectivity index (χ2v) is 6.80. The van der Waals surface area contributed by atoms with Crippen molar-refractivity contribution < 1.29 is 14.3 Å². The second kappa shape index (κ2) is 7.38. The van der Waals surface area contributed by atoms with Gasteiger partial charge >= 0.3 is 0 Å². The lowest BCUT2D eigenvalue weighted by molar-refractivity contribution is 0.101. The summed E-state index contributed by atoms with van der Waals surface area (Å²) in [7, 11) is 1.64. The summed E-state index contributed by atoms with van der Waals surface area (Å²) in [6, 6.07) is 11.7. The number of benzene rings is 2. The Hall–Kier alpha value is -2.53. The lowest BCUT2D eigenvalue weighted by Gasteiger charge is -2.11. The Balaban J connectivity index is 2.28. The molecule has 0 unspecified atom stereocenters. The normalized spacial score (nSPS) is 10.8. The fourth-order valence-electron chi connectivity index (χ4n) is 3.18. The van der Waals surface area contributed by atoms with Crippen molar-refractivity contribution in [2.24, 2.45) is 0 Å². The van der Waals surface area contributed by atoms with E-state index in [0.29, 0.717) is 17.9 Å². The Morgan fingerprint density at radius 3 is 2.54 bits per heavy atom. The lowest BCUT2D eigenvalue weighted by Crippen LogP contribution is -1.99. The summed E-state index contributed by atoms with van der Waals surface area (Å²) in [6.45, 7) is 7.62. The van der Waals surface area contributed by atoms with E-state index in [-0.39, 0.29) is 5.78 Å². The van der Waals surface area contributed by atoms with E-state index in [1.807, 2.05) is 43.3 Å². The molecule has 0 bridgehead atoms. The van der Waals surface area contributed by atoms with Gasteiger partial charge in [0.05, 0.1) is 17.1 Å². The summed E-state index contributed by atoms with van der Waals surface area (Å²) < 4.78 is 13.9. The van der Waals surface area contributed by atoms with Crippen molar-refractivity contribution in [3.63, 3.8) is 0 Å². The highest BCUT2D eigenvalue weighted by molar-refractivity contribution is 9.10.